The van der Waals surface area contributed by atoms with Crippen molar-refractivity contribution in [1.82, 2.24) is 24.5 Å². The Hall–Kier alpha value is -3.07. The smallest absolute Gasteiger partial charge is 0.291 e. The van der Waals surface area contributed by atoms with Crippen molar-refractivity contribution in [2.24, 2.45) is 0 Å². The molecule has 0 saturated carbocycles. The number of amides is 2. The van der Waals surface area contributed by atoms with Crippen molar-refractivity contribution in [2.45, 2.75) is 33.9 Å². The highest BCUT2D eigenvalue weighted by molar-refractivity contribution is 6.31. The lowest BCUT2D eigenvalue weighted by Crippen LogP contribution is -2.26. The molecule has 3 aromatic heterocycles. The second-order valence-electron chi connectivity index (χ2n) is 6.78. The molecule has 1 N–H and O–H groups in total. The molecule has 0 aliphatic rings. The van der Waals surface area contributed by atoms with E-state index >= 15 is 0 Å². The Balaban J connectivity index is 1.78. The highest BCUT2D eigenvalue weighted by Crippen LogP contribution is 2.21. The van der Waals surface area contributed by atoms with Crippen molar-refractivity contribution in [3.63, 3.8) is 0 Å². The molecule has 0 aliphatic heterocycles. The van der Waals surface area contributed by atoms with Gasteiger partial charge in [-0.1, -0.05) is 11.6 Å². The first kappa shape index (κ1) is 20.7. The Morgan fingerprint density at radius 1 is 1.24 bits per heavy atom. The van der Waals surface area contributed by atoms with Crippen LogP contribution in [-0.4, -0.2) is 50.4 Å². The summed E-state index contributed by atoms with van der Waals surface area (Å²) in [6, 6.07) is 3.29. The normalized spacial score (nSPS) is 11.0. The van der Waals surface area contributed by atoms with E-state index in [1.807, 2.05) is 20.8 Å². The zero-order chi connectivity index (χ0) is 21.3. The van der Waals surface area contributed by atoms with Crippen LogP contribution in [0.3, 0.4) is 0 Å². The van der Waals surface area contributed by atoms with Crippen LogP contribution in [0.4, 0.5) is 5.69 Å². The number of halogens is 1. The summed E-state index contributed by atoms with van der Waals surface area (Å²) in [6.45, 7) is 6.42. The van der Waals surface area contributed by atoms with Gasteiger partial charge in [0.2, 0.25) is 0 Å². The third-order valence-corrected chi connectivity index (χ3v) is 5.03. The van der Waals surface area contributed by atoms with Crippen LogP contribution in [0.15, 0.2) is 22.7 Å². The maximum atomic E-state index is 12.6. The van der Waals surface area contributed by atoms with Gasteiger partial charge < -0.3 is 14.6 Å². The van der Waals surface area contributed by atoms with Gasteiger partial charge in [-0.3, -0.25) is 19.0 Å². The van der Waals surface area contributed by atoms with Crippen molar-refractivity contribution < 1.29 is 14.0 Å². The summed E-state index contributed by atoms with van der Waals surface area (Å²) in [7, 11) is 3.29. The average Bonchev–Trinajstić information content (AvgIpc) is 3.37. The summed E-state index contributed by atoms with van der Waals surface area (Å²) in [6.07, 6.45) is 1.46. The van der Waals surface area contributed by atoms with Gasteiger partial charge in [0.05, 0.1) is 34.8 Å². The molecule has 29 heavy (non-hydrogen) atoms. The molecule has 3 rings (SSSR count). The van der Waals surface area contributed by atoms with Gasteiger partial charge in [-0.2, -0.15) is 10.2 Å². The van der Waals surface area contributed by atoms with E-state index in [2.05, 4.69) is 15.5 Å². The molecule has 2 amide bonds. The van der Waals surface area contributed by atoms with E-state index in [1.165, 1.54) is 15.8 Å². The molecule has 9 nitrogen and oxygen atoms in total. The van der Waals surface area contributed by atoms with E-state index in [9.17, 15) is 9.59 Å². The Morgan fingerprint density at radius 2 is 1.97 bits per heavy atom. The molecule has 0 bridgehead atoms. The van der Waals surface area contributed by atoms with E-state index in [-0.39, 0.29) is 11.7 Å². The van der Waals surface area contributed by atoms with Crippen LogP contribution in [0.1, 0.15) is 45.1 Å². The fourth-order valence-electron chi connectivity index (χ4n) is 2.90. The zero-order valence-electron chi connectivity index (χ0n) is 17.0. The molecule has 0 saturated heterocycles. The van der Waals surface area contributed by atoms with Crippen LogP contribution in [-0.2, 0) is 13.1 Å². The third kappa shape index (κ3) is 4.04. The topological polar surface area (TPSA) is 98.2 Å². The van der Waals surface area contributed by atoms with Crippen molar-refractivity contribution in [3.8, 4) is 0 Å². The maximum Gasteiger partial charge on any atom is 0.291 e. The number of nitrogens with zero attached hydrogens (tertiary/aromatic N) is 5. The van der Waals surface area contributed by atoms with Gasteiger partial charge in [0.25, 0.3) is 11.8 Å². The molecule has 154 valence electrons. The molecule has 10 heteroatoms. The van der Waals surface area contributed by atoms with Crippen molar-refractivity contribution >= 4 is 29.1 Å². The SMILES string of the molecule is CCn1ncc(NC(=O)c2ccc(Cn3nc(C)c(Cl)c3C)o2)c1C(=O)N(C)C. The molecule has 0 fully saturated rings. The number of carbonyl (C=O) groups excluding carboxylic acids is 2. The predicted molar refractivity (Wildman–Crippen MR) is 108 cm³/mol. The standard InChI is InChI=1S/C19H23ClN6O3/c1-6-25-17(19(28)24(4)5)14(9-21-25)22-18(27)15-8-7-13(29-15)10-26-12(3)16(20)11(2)23-26/h7-9H,6,10H2,1-5H3,(H,22,27). The number of furan rings is 1. The minimum atomic E-state index is -0.467. The highest BCUT2D eigenvalue weighted by atomic mass is 35.5. The van der Waals surface area contributed by atoms with Gasteiger partial charge in [-0.15, -0.1) is 0 Å². The number of carbonyl (C=O) groups is 2. The van der Waals surface area contributed by atoms with E-state index < -0.39 is 5.91 Å². The van der Waals surface area contributed by atoms with E-state index in [1.54, 1.807) is 30.9 Å². The number of hydrogen-bond acceptors (Lipinski definition) is 5. The Bertz CT molecular complexity index is 1060. The van der Waals surface area contributed by atoms with Crippen molar-refractivity contribution in [2.75, 3.05) is 19.4 Å². The van der Waals surface area contributed by atoms with E-state index in [0.717, 1.165) is 11.4 Å². The average molecular weight is 419 g/mol. The molecule has 3 aromatic rings. The summed E-state index contributed by atoms with van der Waals surface area (Å²) in [5.74, 6) is -0.0290. The monoisotopic (exact) mass is 418 g/mol. The van der Waals surface area contributed by atoms with Gasteiger partial charge in [0.15, 0.2) is 5.76 Å². The zero-order valence-corrected chi connectivity index (χ0v) is 17.7. The van der Waals surface area contributed by atoms with Crippen molar-refractivity contribution in [1.29, 1.82) is 0 Å². The van der Waals surface area contributed by atoms with Gasteiger partial charge in [0, 0.05) is 20.6 Å². The second-order valence-corrected chi connectivity index (χ2v) is 7.16. The van der Waals surface area contributed by atoms with Crippen LogP contribution in [0, 0.1) is 13.8 Å². The minimum absolute atomic E-state index is 0.125. The fourth-order valence-corrected chi connectivity index (χ4v) is 3.03. The van der Waals surface area contributed by atoms with Gasteiger partial charge in [0.1, 0.15) is 11.5 Å². The molecule has 0 unspecified atom stereocenters. The number of aromatic nitrogens is 4. The Morgan fingerprint density at radius 3 is 2.55 bits per heavy atom. The number of anilines is 1. The van der Waals surface area contributed by atoms with Gasteiger partial charge in [-0.25, -0.2) is 0 Å². The van der Waals surface area contributed by atoms with Crippen LogP contribution in [0.2, 0.25) is 5.02 Å². The summed E-state index contributed by atoms with van der Waals surface area (Å²) >= 11 is 6.17. The molecule has 3 heterocycles. The lowest BCUT2D eigenvalue weighted by molar-refractivity contribution is 0.0816. The summed E-state index contributed by atoms with van der Waals surface area (Å²) in [4.78, 5) is 26.5. The lowest BCUT2D eigenvalue weighted by Gasteiger charge is -2.13. The maximum absolute atomic E-state index is 12.6. The lowest BCUT2D eigenvalue weighted by atomic mass is 10.3. The van der Waals surface area contributed by atoms with Gasteiger partial charge >= 0.3 is 0 Å². The molecule has 0 aliphatic carbocycles. The number of nitrogens with one attached hydrogen (secondary N) is 1. The molecule has 0 radical (unpaired) electrons. The minimum Gasteiger partial charge on any atom is -0.454 e. The highest BCUT2D eigenvalue weighted by Gasteiger charge is 2.22. The number of hydrogen-bond donors (Lipinski definition) is 1. The first-order chi connectivity index (χ1) is 13.7. The second kappa shape index (κ2) is 8.12. The fraction of sp³-hybridized carbons (Fsp3) is 0.368. The summed E-state index contributed by atoms with van der Waals surface area (Å²) in [5.41, 5.74) is 2.21. The Kier molecular flexibility index (Phi) is 5.78. The molecule has 0 spiro atoms. The van der Waals surface area contributed by atoms with Crippen LogP contribution < -0.4 is 5.32 Å². The third-order valence-electron chi connectivity index (χ3n) is 4.48. The number of rotatable bonds is 6. The largest absolute Gasteiger partial charge is 0.454 e. The van der Waals surface area contributed by atoms with E-state index in [4.69, 9.17) is 16.0 Å². The molecular formula is C19H23ClN6O3. The van der Waals surface area contributed by atoms with E-state index in [0.29, 0.717) is 35.3 Å². The number of aryl methyl sites for hydroxylation is 2. The van der Waals surface area contributed by atoms with Crippen LogP contribution in [0.25, 0.3) is 0 Å². The quantitative estimate of drug-likeness (QED) is 0.663. The predicted octanol–water partition coefficient (Wildman–Crippen LogP) is 2.97. The summed E-state index contributed by atoms with van der Waals surface area (Å²) in [5, 5.41) is 11.8. The molecular weight excluding hydrogens is 396 g/mol. The van der Waals surface area contributed by atoms with Crippen LogP contribution in [0.5, 0.6) is 0 Å². The first-order valence-corrected chi connectivity index (χ1v) is 9.47. The molecule has 0 aromatic carbocycles. The molecule has 0 atom stereocenters. The summed E-state index contributed by atoms with van der Waals surface area (Å²) < 4.78 is 8.93. The Labute approximate surface area is 173 Å². The first-order valence-electron chi connectivity index (χ1n) is 9.10. The van der Waals surface area contributed by atoms with Crippen LogP contribution >= 0.6 is 11.6 Å². The van der Waals surface area contributed by atoms with Crippen molar-refractivity contribution in [3.05, 3.63) is 52.0 Å². The van der Waals surface area contributed by atoms with Gasteiger partial charge in [-0.05, 0) is 32.9 Å².